The number of hydrogen-bond donors (Lipinski definition) is 1. The molecule has 4 nitrogen and oxygen atoms in total. The first-order valence-electron chi connectivity index (χ1n) is 4.76. The van der Waals surface area contributed by atoms with Gasteiger partial charge < -0.3 is 5.32 Å². The first-order valence-corrected chi connectivity index (χ1v) is 4.76. The van der Waals surface area contributed by atoms with Crippen LogP contribution in [0.25, 0.3) is 0 Å². The quantitative estimate of drug-likeness (QED) is 0.788. The molecule has 1 heterocycles. The van der Waals surface area contributed by atoms with Crippen LogP contribution in [0.5, 0.6) is 0 Å². The summed E-state index contributed by atoms with van der Waals surface area (Å²) >= 11 is 0. The number of nitriles is 1. The zero-order valence-corrected chi connectivity index (χ0v) is 8.49. The summed E-state index contributed by atoms with van der Waals surface area (Å²) < 4.78 is 0. The summed E-state index contributed by atoms with van der Waals surface area (Å²) in [6.45, 7) is 4.23. The molecule has 0 fully saturated rings. The van der Waals surface area contributed by atoms with Gasteiger partial charge in [-0.05, 0) is 19.4 Å². The Balaban J connectivity index is 2.63. The van der Waals surface area contributed by atoms with Gasteiger partial charge in [-0.15, -0.1) is 0 Å². The lowest BCUT2D eigenvalue weighted by Gasteiger charge is -2.12. The highest BCUT2D eigenvalue weighted by Crippen LogP contribution is 2.06. The lowest BCUT2D eigenvalue weighted by molar-refractivity contribution is 0.687. The number of anilines is 1. The van der Waals surface area contributed by atoms with Crippen molar-refractivity contribution in [3.63, 3.8) is 0 Å². The maximum atomic E-state index is 8.60. The largest absolute Gasteiger partial charge is 0.367 e. The molecule has 0 saturated heterocycles. The number of aromatic nitrogens is 2. The van der Waals surface area contributed by atoms with Crippen LogP contribution >= 0.6 is 0 Å². The third-order valence-electron chi connectivity index (χ3n) is 1.87. The second-order valence-corrected chi connectivity index (χ2v) is 3.21. The van der Waals surface area contributed by atoms with Gasteiger partial charge in [-0.3, -0.25) is 0 Å². The Hall–Kier alpha value is -1.63. The summed E-state index contributed by atoms with van der Waals surface area (Å²) in [5.41, 5.74) is 0. The predicted molar refractivity (Wildman–Crippen MR) is 54.7 cm³/mol. The highest BCUT2D eigenvalue weighted by atomic mass is 15.0. The van der Waals surface area contributed by atoms with E-state index in [1.807, 2.05) is 6.07 Å². The Morgan fingerprint density at radius 1 is 1.64 bits per heavy atom. The average Bonchev–Trinajstić information content (AvgIpc) is 2.18. The minimum atomic E-state index is 0.207. The lowest BCUT2D eigenvalue weighted by atomic mass is 10.2. The smallest absolute Gasteiger partial charge is 0.234 e. The molecule has 0 aliphatic rings. The van der Waals surface area contributed by atoms with E-state index in [1.165, 1.54) is 0 Å². The fourth-order valence-corrected chi connectivity index (χ4v) is 1.25. The highest BCUT2D eigenvalue weighted by molar-refractivity contribution is 5.35. The molecule has 74 valence electrons. The van der Waals surface area contributed by atoms with Crippen molar-refractivity contribution in [3.05, 3.63) is 18.1 Å². The van der Waals surface area contributed by atoms with E-state index in [0.717, 1.165) is 18.7 Å². The molecule has 0 amide bonds. The van der Waals surface area contributed by atoms with Gasteiger partial charge in [0.1, 0.15) is 11.9 Å². The standard InChI is InChI=1S/C10H14N4/c1-3-4-8(2)13-9-5-6-12-10(7-11)14-9/h5-6,8H,3-4H2,1-2H3,(H,12,13,14). The van der Waals surface area contributed by atoms with Crippen LogP contribution in [0.1, 0.15) is 32.5 Å². The Morgan fingerprint density at radius 2 is 2.43 bits per heavy atom. The van der Waals surface area contributed by atoms with Gasteiger partial charge in [-0.2, -0.15) is 5.26 Å². The number of nitrogens with zero attached hydrogens (tertiary/aromatic N) is 3. The second-order valence-electron chi connectivity index (χ2n) is 3.21. The van der Waals surface area contributed by atoms with Crippen molar-refractivity contribution < 1.29 is 0 Å². The first kappa shape index (κ1) is 10.5. The summed E-state index contributed by atoms with van der Waals surface area (Å²) in [6.07, 6.45) is 3.81. The van der Waals surface area contributed by atoms with E-state index >= 15 is 0 Å². The van der Waals surface area contributed by atoms with Crippen molar-refractivity contribution >= 4 is 5.82 Å². The number of nitrogens with one attached hydrogen (secondary N) is 1. The van der Waals surface area contributed by atoms with Crippen molar-refractivity contribution in [2.75, 3.05) is 5.32 Å². The van der Waals surface area contributed by atoms with E-state index in [2.05, 4.69) is 29.1 Å². The SMILES string of the molecule is CCCC(C)Nc1ccnc(C#N)n1. The van der Waals surface area contributed by atoms with Crippen LogP contribution in [0.2, 0.25) is 0 Å². The molecule has 1 rings (SSSR count). The van der Waals surface area contributed by atoms with Crippen LogP contribution in [-0.2, 0) is 0 Å². The number of rotatable bonds is 4. The monoisotopic (exact) mass is 190 g/mol. The molecule has 1 N–H and O–H groups in total. The van der Waals surface area contributed by atoms with Gasteiger partial charge in [0.25, 0.3) is 0 Å². The van der Waals surface area contributed by atoms with Gasteiger partial charge in [0, 0.05) is 12.2 Å². The molecule has 0 aromatic carbocycles. The van der Waals surface area contributed by atoms with Crippen LogP contribution in [-0.4, -0.2) is 16.0 Å². The molecule has 14 heavy (non-hydrogen) atoms. The van der Waals surface area contributed by atoms with Gasteiger partial charge >= 0.3 is 0 Å². The normalized spacial score (nSPS) is 11.8. The highest BCUT2D eigenvalue weighted by Gasteiger charge is 2.02. The summed E-state index contributed by atoms with van der Waals surface area (Å²) in [5, 5.41) is 11.8. The lowest BCUT2D eigenvalue weighted by Crippen LogP contribution is -2.15. The summed E-state index contributed by atoms with van der Waals surface area (Å²) in [5.74, 6) is 0.927. The topological polar surface area (TPSA) is 61.6 Å². The van der Waals surface area contributed by atoms with Crippen LogP contribution in [0, 0.1) is 11.3 Å². The molecule has 1 unspecified atom stereocenters. The van der Waals surface area contributed by atoms with Crippen molar-refractivity contribution in [3.8, 4) is 6.07 Å². The Kier molecular flexibility index (Phi) is 3.86. The molecular formula is C10H14N4. The Bertz CT molecular complexity index is 329. The van der Waals surface area contributed by atoms with E-state index in [0.29, 0.717) is 6.04 Å². The third kappa shape index (κ3) is 3.02. The number of hydrogen-bond acceptors (Lipinski definition) is 4. The molecule has 0 spiro atoms. The van der Waals surface area contributed by atoms with Crippen molar-refractivity contribution in [2.24, 2.45) is 0 Å². The van der Waals surface area contributed by atoms with E-state index in [1.54, 1.807) is 12.3 Å². The predicted octanol–water partition coefficient (Wildman–Crippen LogP) is 1.95. The molecule has 4 heteroatoms. The fourth-order valence-electron chi connectivity index (χ4n) is 1.25. The third-order valence-corrected chi connectivity index (χ3v) is 1.87. The van der Waals surface area contributed by atoms with Crippen molar-refractivity contribution in [2.45, 2.75) is 32.7 Å². The zero-order chi connectivity index (χ0) is 10.4. The van der Waals surface area contributed by atoms with Crippen LogP contribution in [0.3, 0.4) is 0 Å². The zero-order valence-electron chi connectivity index (χ0n) is 8.49. The van der Waals surface area contributed by atoms with E-state index in [-0.39, 0.29) is 5.82 Å². The van der Waals surface area contributed by atoms with Gasteiger partial charge in [-0.25, -0.2) is 9.97 Å². The molecule has 0 saturated carbocycles. The van der Waals surface area contributed by atoms with E-state index in [4.69, 9.17) is 5.26 Å². The van der Waals surface area contributed by atoms with Crippen LogP contribution in [0.4, 0.5) is 5.82 Å². The average molecular weight is 190 g/mol. The molecule has 1 atom stereocenters. The summed E-state index contributed by atoms with van der Waals surface area (Å²) in [6, 6.07) is 4.06. The molecule has 0 aliphatic heterocycles. The van der Waals surface area contributed by atoms with Gasteiger partial charge in [0.2, 0.25) is 5.82 Å². The van der Waals surface area contributed by atoms with Gasteiger partial charge in [0.05, 0.1) is 0 Å². The molecule has 0 bridgehead atoms. The molecule has 1 aromatic heterocycles. The Morgan fingerprint density at radius 3 is 3.07 bits per heavy atom. The first-order chi connectivity index (χ1) is 6.76. The van der Waals surface area contributed by atoms with Crippen LogP contribution < -0.4 is 5.32 Å². The minimum Gasteiger partial charge on any atom is -0.367 e. The summed E-state index contributed by atoms with van der Waals surface area (Å²) in [4.78, 5) is 7.83. The maximum Gasteiger partial charge on any atom is 0.234 e. The van der Waals surface area contributed by atoms with Crippen LogP contribution in [0.15, 0.2) is 12.3 Å². The van der Waals surface area contributed by atoms with Crippen molar-refractivity contribution in [1.29, 1.82) is 5.26 Å². The molecule has 0 aliphatic carbocycles. The van der Waals surface area contributed by atoms with Gasteiger partial charge in [0.15, 0.2) is 0 Å². The summed E-state index contributed by atoms with van der Waals surface area (Å²) in [7, 11) is 0. The Labute approximate surface area is 84.0 Å². The maximum absolute atomic E-state index is 8.60. The molecular weight excluding hydrogens is 176 g/mol. The second kappa shape index (κ2) is 5.18. The van der Waals surface area contributed by atoms with Gasteiger partial charge in [-0.1, -0.05) is 13.3 Å². The molecule has 1 aromatic rings. The van der Waals surface area contributed by atoms with Crippen molar-refractivity contribution in [1.82, 2.24) is 9.97 Å². The van der Waals surface area contributed by atoms with E-state index in [9.17, 15) is 0 Å². The minimum absolute atomic E-state index is 0.207. The van der Waals surface area contributed by atoms with E-state index < -0.39 is 0 Å². The fraction of sp³-hybridized carbons (Fsp3) is 0.500. The molecule has 0 radical (unpaired) electrons.